The van der Waals surface area contributed by atoms with E-state index in [1.165, 1.54) is 0 Å². The van der Waals surface area contributed by atoms with Crippen LogP contribution in [0.4, 0.5) is 4.39 Å². The summed E-state index contributed by atoms with van der Waals surface area (Å²) in [6.07, 6.45) is 2.35. The lowest BCUT2D eigenvalue weighted by molar-refractivity contribution is -0.119. The van der Waals surface area contributed by atoms with Crippen molar-refractivity contribution in [2.45, 2.75) is 18.9 Å². The molecular weight excluding hydrogens is 299 g/mol. The van der Waals surface area contributed by atoms with E-state index < -0.39 is 11.7 Å². The van der Waals surface area contributed by atoms with E-state index in [4.69, 9.17) is 17.3 Å². The fourth-order valence-electron chi connectivity index (χ4n) is 2.30. The molecule has 8 heteroatoms. The van der Waals surface area contributed by atoms with Crippen LogP contribution < -0.4 is 11.1 Å². The highest BCUT2D eigenvalue weighted by molar-refractivity contribution is 6.32. The van der Waals surface area contributed by atoms with Crippen LogP contribution in [0.15, 0.2) is 12.3 Å². The third kappa shape index (κ3) is 4.37. The van der Waals surface area contributed by atoms with Crippen molar-refractivity contribution in [2.75, 3.05) is 19.6 Å². The fourth-order valence-corrected chi connectivity index (χ4v) is 2.49. The summed E-state index contributed by atoms with van der Waals surface area (Å²) in [6, 6.07) is 1.02. The summed E-state index contributed by atoms with van der Waals surface area (Å²) in [7, 11) is 0. The molecule has 0 bridgehead atoms. The van der Waals surface area contributed by atoms with Gasteiger partial charge in [0.15, 0.2) is 0 Å². The molecule has 114 valence electrons. The first-order chi connectivity index (χ1) is 9.95. The highest BCUT2D eigenvalue weighted by atomic mass is 35.5. The molecule has 1 aromatic rings. The maximum absolute atomic E-state index is 13.1. The van der Waals surface area contributed by atoms with E-state index in [0.29, 0.717) is 25.9 Å². The van der Waals surface area contributed by atoms with Crippen LogP contribution in [-0.4, -0.2) is 47.4 Å². The Morgan fingerprint density at radius 1 is 1.48 bits per heavy atom. The predicted molar refractivity (Wildman–Crippen MR) is 75.3 cm³/mol. The molecule has 2 heterocycles. The van der Waals surface area contributed by atoms with Crippen molar-refractivity contribution in [1.82, 2.24) is 15.2 Å². The van der Waals surface area contributed by atoms with Gasteiger partial charge in [-0.25, -0.2) is 9.37 Å². The number of amides is 2. The Balaban J connectivity index is 1.90. The largest absolute Gasteiger partial charge is 0.369 e. The molecule has 2 amide bonds. The van der Waals surface area contributed by atoms with Gasteiger partial charge in [-0.1, -0.05) is 11.6 Å². The van der Waals surface area contributed by atoms with Gasteiger partial charge >= 0.3 is 0 Å². The molecule has 0 radical (unpaired) electrons. The van der Waals surface area contributed by atoms with Gasteiger partial charge in [0.1, 0.15) is 11.0 Å². The van der Waals surface area contributed by atoms with Crippen molar-refractivity contribution in [3.8, 4) is 0 Å². The molecule has 1 aromatic heterocycles. The molecule has 0 aliphatic carbocycles. The molecule has 1 aliphatic heterocycles. The number of rotatable bonds is 4. The topological polar surface area (TPSA) is 88.3 Å². The van der Waals surface area contributed by atoms with E-state index in [9.17, 15) is 14.0 Å². The van der Waals surface area contributed by atoms with Gasteiger partial charge in [-0.3, -0.25) is 14.5 Å². The van der Waals surface area contributed by atoms with Crippen molar-refractivity contribution in [3.05, 3.63) is 28.8 Å². The summed E-state index contributed by atoms with van der Waals surface area (Å²) in [5.74, 6) is -1.42. The lowest BCUT2D eigenvalue weighted by Gasteiger charge is -2.31. The maximum atomic E-state index is 13.1. The summed E-state index contributed by atoms with van der Waals surface area (Å²) in [4.78, 5) is 28.4. The standard InChI is InChI=1S/C13H16ClFN4O2/c14-12-10(5-8(15)6-17-12)13(21)18-9-1-3-19(4-2-9)7-11(16)20/h5-6,9H,1-4,7H2,(H2,16,20)(H,18,21). The molecule has 1 saturated heterocycles. The van der Waals surface area contributed by atoms with Crippen molar-refractivity contribution < 1.29 is 14.0 Å². The number of halogens is 2. The molecular formula is C13H16ClFN4O2. The van der Waals surface area contributed by atoms with Crippen LogP contribution in [-0.2, 0) is 4.79 Å². The van der Waals surface area contributed by atoms with Crippen LogP contribution in [0.1, 0.15) is 23.2 Å². The Kier molecular flexibility index (Phi) is 5.08. The number of nitrogens with zero attached hydrogens (tertiary/aromatic N) is 2. The van der Waals surface area contributed by atoms with Crippen LogP contribution in [0, 0.1) is 5.82 Å². The quantitative estimate of drug-likeness (QED) is 0.795. The van der Waals surface area contributed by atoms with Crippen molar-refractivity contribution in [3.63, 3.8) is 0 Å². The van der Waals surface area contributed by atoms with Gasteiger partial charge in [0.05, 0.1) is 18.3 Å². The van der Waals surface area contributed by atoms with E-state index in [0.717, 1.165) is 12.3 Å². The molecule has 1 aliphatic rings. The predicted octanol–water partition coefficient (Wildman–Crippen LogP) is 0.554. The van der Waals surface area contributed by atoms with Gasteiger partial charge in [0.2, 0.25) is 5.91 Å². The minimum absolute atomic E-state index is 0.0243. The zero-order chi connectivity index (χ0) is 15.4. The molecule has 6 nitrogen and oxygen atoms in total. The number of primary amides is 1. The molecule has 0 atom stereocenters. The monoisotopic (exact) mass is 314 g/mol. The van der Waals surface area contributed by atoms with Gasteiger partial charge in [0, 0.05) is 19.1 Å². The van der Waals surface area contributed by atoms with E-state index in [2.05, 4.69) is 10.3 Å². The summed E-state index contributed by atoms with van der Waals surface area (Å²) >= 11 is 5.79. The van der Waals surface area contributed by atoms with E-state index >= 15 is 0 Å². The Morgan fingerprint density at radius 3 is 2.76 bits per heavy atom. The normalized spacial score (nSPS) is 16.7. The lowest BCUT2D eigenvalue weighted by atomic mass is 10.0. The first-order valence-corrected chi connectivity index (χ1v) is 6.96. The van der Waals surface area contributed by atoms with Crippen LogP contribution >= 0.6 is 11.6 Å². The molecule has 0 unspecified atom stereocenters. The number of hydrogen-bond donors (Lipinski definition) is 2. The number of piperidine rings is 1. The van der Waals surface area contributed by atoms with Crippen molar-refractivity contribution >= 4 is 23.4 Å². The first-order valence-electron chi connectivity index (χ1n) is 6.58. The minimum Gasteiger partial charge on any atom is -0.369 e. The average molecular weight is 315 g/mol. The van der Waals surface area contributed by atoms with Crippen LogP contribution in [0.25, 0.3) is 0 Å². The fraction of sp³-hybridized carbons (Fsp3) is 0.462. The molecule has 1 fully saturated rings. The number of aromatic nitrogens is 1. The Labute approximate surface area is 126 Å². The smallest absolute Gasteiger partial charge is 0.254 e. The molecule has 0 spiro atoms. The average Bonchev–Trinajstić information content (AvgIpc) is 2.43. The maximum Gasteiger partial charge on any atom is 0.254 e. The zero-order valence-corrected chi connectivity index (χ0v) is 12.1. The summed E-state index contributed by atoms with van der Waals surface area (Å²) in [5.41, 5.74) is 5.16. The Morgan fingerprint density at radius 2 is 2.14 bits per heavy atom. The van der Waals surface area contributed by atoms with Crippen molar-refractivity contribution in [2.24, 2.45) is 5.73 Å². The van der Waals surface area contributed by atoms with Crippen LogP contribution in [0.5, 0.6) is 0 Å². The number of carbonyl (C=O) groups is 2. The second kappa shape index (κ2) is 6.82. The van der Waals surface area contributed by atoms with E-state index in [1.54, 1.807) is 0 Å². The second-order valence-electron chi connectivity index (χ2n) is 4.98. The zero-order valence-electron chi connectivity index (χ0n) is 11.3. The van der Waals surface area contributed by atoms with Crippen molar-refractivity contribution in [1.29, 1.82) is 0 Å². The molecule has 3 N–H and O–H groups in total. The van der Waals surface area contributed by atoms with Gasteiger partial charge in [-0.15, -0.1) is 0 Å². The van der Waals surface area contributed by atoms with Gasteiger partial charge in [-0.05, 0) is 18.9 Å². The molecule has 0 saturated carbocycles. The summed E-state index contributed by atoms with van der Waals surface area (Å²) in [6.45, 7) is 1.56. The first kappa shape index (κ1) is 15.7. The SMILES string of the molecule is NC(=O)CN1CCC(NC(=O)c2cc(F)cnc2Cl)CC1. The van der Waals surface area contributed by atoms with Gasteiger partial charge < -0.3 is 11.1 Å². The second-order valence-corrected chi connectivity index (χ2v) is 5.34. The van der Waals surface area contributed by atoms with Gasteiger partial charge in [-0.2, -0.15) is 0 Å². The highest BCUT2D eigenvalue weighted by Crippen LogP contribution is 2.15. The third-order valence-electron chi connectivity index (χ3n) is 3.35. The minimum atomic E-state index is -0.610. The number of likely N-dealkylation sites (tertiary alicyclic amines) is 1. The molecule has 2 rings (SSSR count). The Bertz CT molecular complexity index is 547. The van der Waals surface area contributed by atoms with E-state index in [1.807, 2.05) is 4.90 Å². The lowest BCUT2D eigenvalue weighted by Crippen LogP contribution is -2.46. The third-order valence-corrected chi connectivity index (χ3v) is 3.65. The number of nitrogens with two attached hydrogens (primary N) is 1. The van der Waals surface area contributed by atoms with Crippen LogP contribution in [0.3, 0.4) is 0 Å². The Hall–Kier alpha value is -1.73. The van der Waals surface area contributed by atoms with Crippen LogP contribution in [0.2, 0.25) is 5.15 Å². The number of nitrogens with one attached hydrogen (secondary N) is 1. The number of carbonyl (C=O) groups excluding carboxylic acids is 2. The summed E-state index contributed by atoms with van der Waals surface area (Å²) < 4.78 is 13.1. The molecule has 0 aromatic carbocycles. The highest BCUT2D eigenvalue weighted by Gasteiger charge is 2.23. The summed E-state index contributed by atoms with van der Waals surface area (Å²) in [5, 5.41) is 2.78. The van der Waals surface area contributed by atoms with E-state index in [-0.39, 0.29) is 29.2 Å². The molecule has 21 heavy (non-hydrogen) atoms. The van der Waals surface area contributed by atoms with Gasteiger partial charge in [0.25, 0.3) is 5.91 Å². The number of hydrogen-bond acceptors (Lipinski definition) is 4. The number of pyridine rings is 1.